The highest BCUT2D eigenvalue weighted by Crippen LogP contribution is 2.13. The summed E-state index contributed by atoms with van der Waals surface area (Å²) < 4.78 is 6.49. The summed E-state index contributed by atoms with van der Waals surface area (Å²) in [6.45, 7) is 8.70. The molecule has 0 aliphatic rings. The average Bonchev–Trinajstić information content (AvgIpc) is 2.80. The fourth-order valence-corrected chi connectivity index (χ4v) is 1.83. The van der Waals surface area contributed by atoms with E-state index in [1.807, 2.05) is 20.8 Å². The summed E-state index contributed by atoms with van der Waals surface area (Å²) >= 11 is 0. The monoisotopic (exact) mass is 296 g/mol. The number of esters is 1. The van der Waals surface area contributed by atoms with Crippen molar-refractivity contribution in [3.8, 4) is 0 Å². The molecule has 0 saturated carbocycles. The Labute approximate surface area is 125 Å². The van der Waals surface area contributed by atoms with Crippen LogP contribution in [-0.4, -0.2) is 52.0 Å². The molecule has 0 radical (unpaired) electrons. The molecule has 1 aromatic heterocycles. The first-order valence-electron chi connectivity index (χ1n) is 7.24. The molecule has 7 nitrogen and oxygen atoms in total. The second kappa shape index (κ2) is 7.75. The molecule has 0 aromatic carbocycles. The van der Waals surface area contributed by atoms with Gasteiger partial charge in [-0.15, -0.1) is 5.10 Å². The van der Waals surface area contributed by atoms with Gasteiger partial charge in [0, 0.05) is 13.6 Å². The lowest BCUT2D eigenvalue weighted by molar-refractivity contribution is -0.130. The Morgan fingerprint density at radius 2 is 2.00 bits per heavy atom. The third-order valence-corrected chi connectivity index (χ3v) is 3.09. The standard InChI is InChI=1S/C14H24N4O3/c1-6-17(5)12(19)9-18-11(8-10(3)4)13(15-16-18)14(20)21-7-2/h10H,6-9H2,1-5H3. The lowest BCUT2D eigenvalue weighted by atomic mass is 10.1. The van der Waals surface area contributed by atoms with Crippen molar-refractivity contribution in [1.29, 1.82) is 0 Å². The van der Waals surface area contributed by atoms with Gasteiger partial charge < -0.3 is 9.64 Å². The maximum atomic E-state index is 12.0. The van der Waals surface area contributed by atoms with Crippen molar-refractivity contribution in [3.05, 3.63) is 11.4 Å². The molecule has 1 amide bonds. The van der Waals surface area contributed by atoms with Gasteiger partial charge in [0.15, 0.2) is 5.69 Å². The molecule has 0 aliphatic heterocycles. The minimum Gasteiger partial charge on any atom is -0.461 e. The van der Waals surface area contributed by atoms with Crippen LogP contribution in [0.4, 0.5) is 0 Å². The third-order valence-electron chi connectivity index (χ3n) is 3.09. The molecule has 0 saturated heterocycles. The highest BCUT2D eigenvalue weighted by atomic mass is 16.5. The molecule has 118 valence electrons. The lowest BCUT2D eigenvalue weighted by Crippen LogP contribution is -2.31. The number of ether oxygens (including phenoxy) is 1. The minimum absolute atomic E-state index is 0.0668. The first-order chi connectivity index (χ1) is 9.90. The van der Waals surface area contributed by atoms with Crippen LogP contribution in [0, 0.1) is 5.92 Å². The smallest absolute Gasteiger partial charge is 0.360 e. The van der Waals surface area contributed by atoms with Crippen LogP contribution >= 0.6 is 0 Å². The number of nitrogens with zero attached hydrogens (tertiary/aromatic N) is 4. The predicted octanol–water partition coefficient (Wildman–Crippen LogP) is 1.13. The van der Waals surface area contributed by atoms with E-state index in [0.717, 1.165) is 0 Å². The lowest BCUT2D eigenvalue weighted by Gasteiger charge is -2.15. The van der Waals surface area contributed by atoms with Crippen LogP contribution in [0.2, 0.25) is 0 Å². The Morgan fingerprint density at radius 1 is 1.33 bits per heavy atom. The van der Waals surface area contributed by atoms with Crippen LogP contribution in [0.3, 0.4) is 0 Å². The second-order valence-electron chi connectivity index (χ2n) is 5.27. The van der Waals surface area contributed by atoms with Crippen LogP contribution in [0.5, 0.6) is 0 Å². The number of hydrogen-bond donors (Lipinski definition) is 0. The fraction of sp³-hybridized carbons (Fsp3) is 0.714. The van der Waals surface area contributed by atoms with E-state index in [1.54, 1.807) is 18.9 Å². The van der Waals surface area contributed by atoms with E-state index < -0.39 is 5.97 Å². The summed E-state index contributed by atoms with van der Waals surface area (Å²) in [6.07, 6.45) is 0.615. The van der Waals surface area contributed by atoms with E-state index in [0.29, 0.717) is 24.6 Å². The Morgan fingerprint density at radius 3 is 2.52 bits per heavy atom. The molecular weight excluding hydrogens is 272 g/mol. The highest BCUT2D eigenvalue weighted by Gasteiger charge is 2.23. The van der Waals surface area contributed by atoms with Crippen LogP contribution in [-0.2, 0) is 22.5 Å². The molecule has 0 N–H and O–H groups in total. The molecule has 7 heteroatoms. The van der Waals surface area contributed by atoms with E-state index >= 15 is 0 Å². The first kappa shape index (κ1) is 17.1. The quantitative estimate of drug-likeness (QED) is 0.705. The summed E-state index contributed by atoms with van der Waals surface area (Å²) in [4.78, 5) is 25.5. The van der Waals surface area contributed by atoms with Gasteiger partial charge in [-0.05, 0) is 26.2 Å². The normalized spacial score (nSPS) is 10.8. The van der Waals surface area contributed by atoms with Gasteiger partial charge in [0.25, 0.3) is 0 Å². The number of rotatable bonds is 7. The van der Waals surface area contributed by atoms with Crippen LogP contribution in [0.15, 0.2) is 0 Å². The van der Waals surface area contributed by atoms with E-state index in [1.165, 1.54) is 4.68 Å². The third kappa shape index (κ3) is 4.54. The molecule has 0 aliphatic carbocycles. The SMILES string of the molecule is CCOC(=O)c1nnn(CC(=O)N(C)CC)c1CC(C)C. The van der Waals surface area contributed by atoms with Crippen molar-refractivity contribution < 1.29 is 14.3 Å². The molecule has 1 rings (SSSR count). The zero-order chi connectivity index (χ0) is 16.0. The van der Waals surface area contributed by atoms with Gasteiger partial charge in [-0.3, -0.25) is 4.79 Å². The summed E-state index contributed by atoms with van der Waals surface area (Å²) in [7, 11) is 1.73. The zero-order valence-electron chi connectivity index (χ0n) is 13.4. The largest absolute Gasteiger partial charge is 0.461 e. The Balaban J connectivity index is 3.03. The van der Waals surface area contributed by atoms with Crippen molar-refractivity contribution in [2.75, 3.05) is 20.2 Å². The average molecular weight is 296 g/mol. The number of carbonyl (C=O) groups excluding carboxylic acids is 2. The van der Waals surface area contributed by atoms with Crippen LogP contribution in [0.1, 0.15) is 43.9 Å². The van der Waals surface area contributed by atoms with Crippen molar-refractivity contribution >= 4 is 11.9 Å². The molecule has 0 fully saturated rings. The van der Waals surface area contributed by atoms with Crippen molar-refractivity contribution in [2.24, 2.45) is 5.92 Å². The number of likely N-dealkylation sites (N-methyl/N-ethyl adjacent to an activating group) is 1. The Kier molecular flexibility index (Phi) is 6.33. The molecule has 21 heavy (non-hydrogen) atoms. The summed E-state index contributed by atoms with van der Waals surface area (Å²) in [5, 5.41) is 7.84. The summed E-state index contributed by atoms with van der Waals surface area (Å²) in [5.74, 6) is -0.243. The summed E-state index contributed by atoms with van der Waals surface area (Å²) in [5.41, 5.74) is 0.860. The minimum atomic E-state index is -0.490. The van der Waals surface area contributed by atoms with Gasteiger partial charge in [-0.25, -0.2) is 9.48 Å². The fourth-order valence-electron chi connectivity index (χ4n) is 1.83. The van der Waals surface area contributed by atoms with Gasteiger partial charge in [0.1, 0.15) is 6.54 Å². The molecular formula is C14H24N4O3. The molecule has 0 unspecified atom stereocenters. The maximum absolute atomic E-state index is 12.0. The number of amides is 1. The van der Waals surface area contributed by atoms with Crippen LogP contribution < -0.4 is 0 Å². The Hall–Kier alpha value is -1.92. The predicted molar refractivity (Wildman–Crippen MR) is 77.8 cm³/mol. The number of carbonyl (C=O) groups is 2. The van der Waals surface area contributed by atoms with E-state index in [4.69, 9.17) is 4.74 Å². The molecule has 0 bridgehead atoms. The summed E-state index contributed by atoms with van der Waals surface area (Å²) in [6, 6.07) is 0. The van der Waals surface area contributed by atoms with Crippen LogP contribution in [0.25, 0.3) is 0 Å². The second-order valence-corrected chi connectivity index (χ2v) is 5.27. The first-order valence-corrected chi connectivity index (χ1v) is 7.24. The number of hydrogen-bond acceptors (Lipinski definition) is 5. The van der Waals surface area contributed by atoms with E-state index in [-0.39, 0.29) is 24.8 Å². The zero-order valence-corrected chi connectivity index (χ0v) is 13.4. The Bertz CT molecular complexity index is 496. The van der Waals surface area contributed by atoms with Gasteiger partial charge in [-0.2, -0.15) is 0 Å². The molecule has 1 aromatic rings. The highest BCUT2D eigenvalue weighted by molar-refractivity contribution is 5.88. The molecule has 1 heterocycles. The molecule has 0 spiro atoms. The van der Waals surface area contributed by atoms with E-state index in [2.05, 4.69) is 10.3 Å². The maximum Gasteiger partial charge on any atom is 0.360 e. The molecule has 0 atom stereocenters. The van der Waals surface area contributed by atoms with Crippen molar-refractivity contribution in [2.45, 2.75) is 40.7 Å². The van der Waals surface area contributed by atoms with Gasteiger partial charge in [0.2, 0.25) is 5.91 Å². The van der Waals surface area contributed by atoms with Gasteiger partial charge in [-0.1, -0.05) is 19.1 Å². The topological polar surface area (TPSA) is 77.3 Å². The number of aromatic nitrogens is 3. The van der Waals surface area contributed by atoms with Crippen molar-refractivity contribution in [3.63, 3.8) is 0 Å². The van der Waals surface area contributed by atoms with Gasteiger partial charge >= 0.3 is 5.97 Å². The van der Waals surface area contributed by atoms with Gasteiger partial charge in [0.05, 0.1) is 12.3 Å². The van der Waals surface area contributed by atoms with Crippen molar-refractivity contribution in [1.82, 2.24) is 19.9 Å². The van der Waals surface area contributed by atoms with E-state index in [9.17, 15) is 9.59 Å².